The number of benzene rings is 2. The minimum absolute atomic E-state index is 0.0246. The van der Waals surface area contributed by atoms with Gasteiger partial charge in [0.25, 0.3) is 5.91 Å². The minimum atomic E-state index is -0.249. The molecule has 3 aromatic rings. The first kappa shape index (κ1) is 21.2. The van der Waals surface area contributed by atoms with Crippen LogP contribution < -0.4 is 5.32 Å². The molecule has 1 saturated heterocycles. The smallest absolute Gasteiger partial charge is 0.273 e. The summed E-state index contributed by atoms with van der Waals surface area (Å²) in [6, 6.07) is 16.4. The van der Waals surface area contributed by atoms with E-state index in [9.17, 15) is 14.0 Å². The van der Waals surface area contributed by atoms with Crippen LogP contribution in [0.3, 0.4) is 0 Å². The van der Waals surface area contributed by atoms with Crippen molar-refractivity contribution in [3.63, 3.8) is 0 Å². The van der Waals surface area contributed by atoms with Crippen LogP contribution >= 0.6 is 11.3 Å². The second-order valence-corrected chi connectivity index (χ2v) is 8.46. The predicted octanol–water partition coefficient (Wildman–Crippen LogP) is 4.16. The number of carbonyl (C=O) groups excluding carboxylic acids is 2. The lowest BCUT2D eigenvalue weighted by atomic mass is 9.95. The third-order valence-corrected chi connectivity index (χ3v) is 6.44. The number of likely N-dealkylation sites (tertiary alicyclic amines) is 1. The summed E-state index contributed by atoms with van der Waals surface area (Å²) in [6.45, 7) is 1.46. The molecule has 7 heteroatoms. The molecule has 2 aromatic carbocycles. The van der Waals surface area contributed by atoms with Crippen LogP contribution in [0.25, 0.3) is 10.6 Å². The lowest BCUT2D eigenvalue weighted by Gasteiger charge is -2.31. The monoisotopic (exact) mass is 437 g/mol. The normalized spacial score (nSPS) is 14.4. The summed E-state index contributed by atoms with van der Waals surface area (Å²) in [7, 11) is 0. The Kier molecular flexibility index (Phi) is 6.72. The van der Waals surface area contributed by atoms with E-state index >= 15 is 0 Å². The highest BCUT2D eigenvalue weighted by molar-refractivity contribution is 7.13. The van der Waals surface area contributed by atoms with Crippen LogP contribution in [0, 0.1) is 11.7 Å². The van der Waals surface area contributed by atoms with Crippen molar-refractivity contribution in [2.45, 2.75) is 19.3 Å². The molecule has 0 spiro atoms. The fourth-order valence-corrected chi connectivity index (χ4v) is 4.56. The topological polar surface area (TPSA) is 62.3 Å². The molecule has 0 atom stereocenters. The number of nitrogens with one attached hydrogen (secondary N) is 1. The average Bonchev–Trinajstić information content (AvgIpc) is 3.31. The van der Waals surface area contributed by atoms with Gasteiger partial charge in [0.2, 0.25) is 5.91 Å². The maximum atomic E-state index is 13.7. The minimum Gasteiger partial charge on any atom is -0.356 e. The molecule has 5 nitrogen and oxygen atoms in total. The maximum absolute atomic E-state index is 13.7. The Balaban J connectivity index is 1.25. The number of aromatic nitrogens is 1. The van der Waals surface area contributed by atoms with E-state index in [0.29, 0.717) is 50.2 Å². The standard InChI is InChI=1S/C24H24FN3O2S/c25-20-9-5-4-6-17(20)10-13-26-22(29)18-11-14-28(15-12-18)24(30)21-16-31-23(27-21)19-7-2-1-3-8-19/h1-9,16,18H,10-15H2,(H,26,29). The van der Waals surface area contributed by atoms with Crippen LogP contribution in [0.15, 0.2) is 60.0 Å². The van der Waals surface area contributed by atoms with Gasteiger partial charge >= 0.3 is 0 Å². The van der Waals surface area contributed by atoms with Crippen LogP contribution in [-0.2, 0) is 11.2 Å². The molecule has 0 radical (unpaired) electrons. The van der Waals surface area contributed by atoms with Gasteiger partial charge in [0.1, 0.15) is 16.5 Å². The number of hydrogen-bond donors (Lipinski definition) is 1. The molecular weight excluding hydrogens is 413 g/mol. The molecular formula is C24H24FN3O2S. The number of nitrogens with zero attached hydrogens (tertiary/aromatic N) is 2. The highest BCUT2D eigenvalue weighted by atomic mass is 32.1. The number of amides is 2. The third kappa shape index (κ3) is 5.17. The zero-order valence-electron chi connectivity index (χ0n) is 17.1. The summed E-state index contributed by atoms with van der Waals surface area (Å²) in [5.74, 6) is -0.485. The second kappa shape index (κ2) is 9.83. The Morgan fingerprint density at radius 1 is 1.06 bits per heavy atom. The van der Waals surface area contributed by atoms with Crippen LogP contribution in [0.2, 0.25) is 0 Å². The SMILES string of the molecule is O=C(NCCc1ccccc1F)C1CCN(C(=O)c2csc(-c3ccccc3)n2)CC1. The van der Waals surface area contributed by atoms with Gasteiger partial charge in [-0.1, -0.05) is 48.5 Å². The third-order valence-electron chi connectivity index (χ3n) is 5.55. The van der Waals surface area contributed by atoms with E-state index in [0.717, 1.165) is 10.6 Å². The molecule has 0 unspecified atom stereocenters. The van der Waals surface area contributed by atoms with Gasteiger partial charge in [-0.2, -0.15) is 0 Å². The Labute approximate surface area is 184 Å². The number of carbonyl (C=O) groups is 2. The number of thiazole rings is 1. The zero-order chi connectivity index (χ0) is 21.6. The lowest BCUT2D eigenvalue weighted by molar-refractivity contribution is -0.126. The van der Waals surface area contributed by atoms with Crippen molar-refractivity contribution in [1.29, 1.82) is 0 Å². The molecule has 2 amide bonds. The van der Waals surface area contributed by atoms with Crippen molar-refractivity contribution >= 4 is 23.2 Å². The van der Waals surface area contributed by atoms with E-state index in [1.54, 1.807) is 28.5 Å². The molecule has 1 fully saturated rings. The van der Waals surface area contributed by atoms with Gasteiger partial charge in [-0.05, 0) is 30.9 Å². The van der Waals surface area contributed by atoms with Gasteiger partial charge in [0.15, 0.2) is 0 Å². The van der Waals surface area contributed by atoms with E-state index in [1.165, 1.54) is 17.4 Å². The maximum Gasteiger partial charge on any atom is 0.273 e. The first-order valence-electron chi connectivity index (χ1n) is 10.4. The molecule has 4 rings (SSSR count). The fourth-order valence-electron chi connectivity index (χ4n) is 3.76. The zero-order valence-corrected chi connectivity index (χ0v) is 17.9. The summed E-state index contributed by atoms with van der Waals surface area (Å²) in [5.41, 5.74) is 2.05. The fraction of sp³-hybridized carbons (Fsp3) is 0.292. The molecule has 0 aliphatic carbocycles. The van der Waals surface area contributed by atoms with Gasteiger partial charge in [0.05, 0.1) is 0 Å². The molecule has 160 valence electrons. The summed E-state index contributed by atoms with van der Waals surface area (Å²) in [5, 5.41) is 5.53. The van der Waals surface area contributed by atoms with E-state index in [-0.39, 0.29) is 23.5 Å². The number of halogens is 1. The van der Waals surface area contributed by atoms with E-state index in [1.807, 2.05) is 30.3 Å². The first-order chi connectivity index (χ1) is 15.1. The quantitative estimate of drug-likeness (QED) is 0.630. The second-order valence-electron chi connectivity index (χ2n) is 7.60. The Morgan fingerprint density at radius 3 is 2.52 bits per heavy atom. The van der Waals surface area contributed by atoms with E-state index in [4.69, 9.17) is 0 Å². The Morgan fingerprint density at radius 2 is 1.77 bits per heavy atom. The lowest BCUT2D eigenvalue weighted by Crippen LogP contribution is -2.43. The van der Waals surface area contributed by atoms with Gasteiger partial charge in [-0.25, -0.2) is 9.37 Å². The summed E-state index contributed by atoms with van der Waals surface area (Å²) in [4.78, 5) is 31.6. The summed E-state index contributed by atoms with van der Waals surface area (Å²) < 4.78 is 13.7. The molecule has 31 heavy (non-hydrogen) atoms. The van der Waals surface area contributed by atoms with Crippen molar-refractivity contribution in [2.75, 3.05) is 19.6 Å². The molecule has 1 aromatic heterocycles. The van der Waals surface area contributed by atoms with Gasteiger partial charge in [-0.15, -0.1) is 11.3 Å². The molecule has 0 bridgehead atoms. The summed E-state index contributed by atoms with van der Waals surface area (Å²) >= 11 is 1.46. The van der Waals surface area contributed by atoms with Crippen molar-refractivity contribution in [1.82, 2.24) is 15.2 Å². The Hall–Kier alpha value is -3.06. The van der Waals surface area contributed by atoms with E-state index < -0.39 is 0 Å². The van der Waals surface area contributed by atoms with Crippen molar-refractivity contribution in [2.24, 2.45) is 5.92 Å². The molecule has 0 saturated carbocycles. The first-order valence-corrected chi connectivity index (χ1v) is 11.3. The largest absolute Gasteiger partial charge is 0.356 e. The van der Waals surface area contributed by atoms with Gasteiger partial charge in [0, 0.05) is 36.5 Å². The molecule has 2 heterocycles. The van der Waals surface area contributed by atoms with Gasteiger partial charge in [-0.3, -0.25) is 9.59 Å². The number of piperidine rings is 1. The number of hydrogen-bond acceptors (Lipinski definition) is 4. The molecule has 1 aliphatic heterocycles. The highest BCUT2D eigenvalue weighted by Crippen LogP contribution is 2.25. The van der Waals surface area contributed by atoms with Crippen LogP contribution in [0.5, 0.6) is 0 Å². The van der Waals surface area contributed by atoms with Gasteiger partial charge < -0.3 is 10.2 Å². The molecule has 1 N–H and O–H groups in total. The number of rotatable bonds is 6. The van der Waals surface area contributed by atoms with Crippen LogP contribution in [-0.4, -0.2) is 41.3 Å². The van der Waals surface area contributed by atoms with E-state index in [2.05, 4.69) is 10.3 Å². The molecule has 1 aliphatic rings. The Bertz CT molecular complexity index is 1050. The van der Waals surface area contributed by atoms with Crippen molar-refractivity contribution in [3.05, 3.63) is 77.1 Å². The van der Waals surface area contributed by atoms with Crippen molar-refractivity contribution < 1.29 is 14.0 Å². The van der Waals surface area contributed by atoms with Crippen molar-refractivity contribution in [3.8, 4) is 10.6 Å². The summed E-state index contributed by atoms with van der Waals surface area (Å²) in [6.07, 6.45) is 1.70. The average molecular weight is 438 g/mol. The predicted molar refractivity (Wildman–Crippen MR) is 119 cm³/mol. The van der Waals surface area contributed by atoms with Crippen LogP contribution in [0.1, 0.15) is 28.9 Å². The van der Waals surface area contributed by atoms with Crippen LogP contribution in [0.4, 0.5) is 4.39 Å². The highest BCUT2D eigenvalue weighted by Gasteiger charge is 2.28.